The van der Waals surface area contributed by atoms with E-state index >= 15 is 0 Å². The molecule has 3 aromatic rings. The van der Waals surface area contributed by atoms with E-state index in [9.17, 15) is 0 Å². The topological polar surface area (TPSA) is 100 Å². The van der Waals surface area contributed by atoms with Crippen molar-refractivity contribution >= 4 is 18.0 Å². The average Bonchev–Trinajstić information content (AvgIpc) is 3.05. The van der Waals surface area contributed by atoms with Crippen LogP contribution in [0.3, 0.4) is 0 Å². The van der Waals surface area contributed by atoms with Crippen LogP contribution in [-0.2, 0) is 0 Å². The molecule has 0 fully saturated rings. The van der Waals surface area contributed by atoms with Crippen LogP contribution in [0, 0.1) is 0 Å². The Labute approximate surface area is 120 Å². The molecule has 0 aliphatic rings. The second-order valence-electron chi connectivity index (χ2n) is 2.85. The maximum absolute atomic E-state index is 8.31. The van der Waals surface area contributed by atoms with Gasteiger partial charge in [0.25, 0.3) is 17.8 Å². The van der Waals surface area contributed by atoms with Crippen LogP contribution < -0.4 is 0 Å². The molecule has 19 heavy (non-hydrogen) atoms. The molecule has 0 saturated heterocycles. The molecule has 0 spiro atoms. The fourth-order valence-electron chi connectivity index (χ4n) is 0.810. The molecule has 0 aliphatic heterocycles. The molecule has 104 valence electrons. The number of rotatable bonds is 0. The molecule has 0 aliphatic carbocycles. The fourth-order valence-corrected chi connectivity index (χ4v) is 0.810. The summed E-state index contributed by atoms with van der Waals surface area (Å²) in [5.41, 5.74) is 0. The molecule has 0 saturated carbocycles. The second-order valence-corrected chi connectivity index (χ2v) is 2.85. The molecule has 1 atom stereocenters. The average molecular weight is 330 g/mol. The molecule has 1 unspecified atom stereocenters. The predicted molar refractivity (Wildman–Crippen MR) is 71.1 cm³/mol. The van der Waals surface area contributed by atoms with E-state index in [0.717, 1.165) is 0 Å². The molecule has 0 radical (unpaired) electrons. The van der Waals surface area contributed by atoms with Crippen molar-refractivity contribution in [3.63, 3.8) is 0 Å². The van der Waals surface area contributed by atoms with E-state index in [1.165, 1.54) is 37.0 Å². The van der Waals surface area contributed by atoms with Crippen molar-refractivity contribution in [3.8, 4) is 17.8 Å². The van der Waals surface area contributed by atoms with Crippen LogP contribution in [0.5, 0.6) is 17.8 Å². The van der Waals surface area contributed by atoms with Crippen LogP contribution in [-0.4, -0.2) is 33.3 Å². The Morgan fingerprint density at radius 3 is 0.895 bits per heavy atom. The molecule has 3 rings (SSSR count). The van der Waals surface area contributed by atoms with Crippen LogP contribution in [0.15, 0.2) is 68.4 Å². The standard InChI is InChI=1S/3C4H4O2.AsH3/c3*5-4-2-1-3-6-4;/h3*1-3,5H;1H3. The monoisotopic (exact) mass is 330 g/mol. The minimum absolute atomic E-state index is 0. The summed E-state index contributed by atoms with van der Waals surface area (Å²) in [6.45, 7) is 0. The van der Waals surface area contributed by atoms with Crippen molar-refractivity contribution in [2.75, 3.05) is 0 Å². The quantitative estimate of drug-likeness (QED) is 0.543. The van der Waals surface area contributed by atoms with E-state index in [-0.39, 0.29) is 35.8 Å². The Bertz CT molecular complexity index is 410. The summed E-state index contributed by atoms with van der Waals surface area (Å²) < 4.78 is 13.2. The van der Waals surface area contributed by atoms with Crippen molar-refractivity contribution in [2.24, 2.45) is 0 Å². The maximum atomic E-state index is 8.31. The third kappa shape index (κ3) is 8.51. The fraction of sp³-hybridized carbons (Fsp3) is 0. The first kappa shape index (κ1) is 16.8. The number of hydrogen-bond donors (Lipinski definition) is 3. The molecule has 0 aromatic carbocycles. The van der Waals surface area contributed by atoms with Gasteiger partial charge in [0.15, 0.2) is 0 Å². The van der Waals surface area contributed by atoms with E-state index in [0.29, 0.717) is 0 Å². The van der Waals surface area contributed by atoms with Gasteiger partial charge in [-0.3, -0.25) is 0 Å². The first-order chi connectivity index (χ1) is 8.68. The van der Waals surface area contributed by atoms with Gasteiger partial charge in [0.1, 0.15) is 0 Å². The Balaban J connectivity index is 0.000000249. The molecule has 3 N–H and O–H groups in total. The van der Waals surface area contributed by atoms with Crippen LogP contribution in [0.2, 0.25) is 0 Å². The summed E-state index contributed by atoms with van der Waals surface area (Å²) in [6, 6.07) is 9.28. The van der Waals surface area contributed by atoms with Gasteiger partial charge in [-0.15, -0.1) is 0 Å². The normalized spacial score (nSPS) is 8.21. The van der Waals surface area contributed by atoms with Crippen molar-refractivity contribution in [1.82, 2.24) is 0 Å². The zero-order chi connectivity index (χ0) is 13.2. The molecule has 0 amide bonds. The molecule has 3 aromatic heterocycles. The molecule has 7 heteroatoms. The Morgan fingerprint density at radius 2 is 0.842 bits per heavy atom. The summed E-state index contributed by atoms with van der Waals surface area (Å²) in [7, 11) is 0. The first-order valence-electron chi connectivity index (χ1n) is 4.86. The van der Waals surface area contributed by atoms with E-state index in [2.05, 4.69) is 13.3 Å². The molecular formula is C12H15AsO6. The summed E-state index contributed by atoms with van der Waals surface area (Å²) in [4.78, 5) is 0. The van der Waals surface area contributed by atoms with Crippen molar-refractivity contribution in [3.05, 3.63) is 55.2 Å². The van der Waals surface area contributed by atoms with Crippen LogP contribution >= 0.6 is 0 Å². The van der Waals surface area contributed by atoms with Crippen LogP contribution in [0.4, 0.5) is 0 Å². The molecular weight excluding hydrogens is 315 g/mol. The van der Waals surface area contributed by atoms with Crippen LogP contribution in [0.1, 0.15) is 0 Å². The summed E-state index contributed by atoms with van der Waals surface area (Å²) >= 11 is 0. The van der Waals surface area contributed by atoms with Crippen molar-refractivity contribution in [1.29, 1.82) is 0 Å². The number of aromatic hydroxyl groups is 3. The first-order valence-corrected chi connectivity index (χ1v) is 4.86. The van der Waals surface area contributed by atoms with Gasteiger partial charge >= 0.3 is 18.0 Å². The summed E-state index contributed by atoms with van der Waals surface area (Å²) in [5, 5.41) is 24.9. The van der Waals surface area contributed by atoms with Gasteiger partial charge in [0.2, 0.25) is 0 Å². The van der Waals surface area contributed by atoms with E-state index < -0.39 is 0 Å². The molecule has 3 heterocycles. The summed E-state index contributed by atoms with van der Waals surface area (Å²) in [6.07, 6.45) is 4.24. The second kappa shape index (κ2) is 9.79. The van der Waals surface area contributed by atoms with Gasteiger partial charge in [0.05, 0.1) is 18.8 Å². The van der Waals surface area contributed by atoms with E-state index in [1.807, 2.05) is 0 Å². The van der Waals surface area contributed by atoms with Gasteiger partial charge in [-0.25, -0.2) is 0 Å². The van der Waals surface area contributed by atoms with E-state index in [1.54, 1.807) is 18.2 Å². The minimum atomic E-state index is -0.0324. The number of furan rings is 3. The van der Waals surface area contributed by atoms with Gasteiger partial charge < -0.3 is 28.6 Å². The van der Waals surface area contributed by atoms with Crippen molar-refractivity contribution in [2.45, 2.75) is 0 Å². The Hall–Kier alpha value is -2.20. The number of hydrogen-bond acceptors (Lipinski definition) is 6. The Kier molecular flexibility index (Phi) is 8.66. The SMILES string of the molecule is Oc1ccco1.Oc1ccco1.Oc1ccco1.[AsH3]. The summed E-state index contributed by atoms with van der Waals surface area (Å²) in [5.74, 6) is -0.0972. The van der Waals surface area contributed by atoms with E-state index in [4.69, 9.17) is 15.3 Å². The Morgan fingerprint density at radius 1 is 0.579 bits per heavy atom. The van der Waals surface area contributed by atoms with Gasteiger partial charge in [-0.2, -0.15) is 0 Å². The zero-order valence-electron chi connectivity index (χ0n) is 9.97. The van der Waals surface area contributed by atoms with Gasteiger partial charge in [-0.05, 0) is 18.2 Å². The van der Waals surface area contributed by atoms with Gasteiger partial charge in [-0.1, -0.05) is 0 Å². The predicted octanol–water partition coefficient (Wildman–Crippen LogP) is 1.77. The molecule has 0 bridgehead atoms. The third-order valence-electron chi connectivity index (χ3n) is 1.52. The van der Waals surface area contributed by atoms with Crippen LogP contribution in [0.25, 0.3) is 0 Å². The molecule has 6 nitrogen and oxygen atoms in total. The third-order valence-corrected chi connectivity index (χ3v) is 1.52. The van der Waals surface area contributed by atoms with Gasteiger partial charge in [0, 0.05) is 18.2 Å². The zero-order valence-corrected chi connectivity index (χ0v) is 12.9. The van der Waals surface area contributed by atoms with Crippen molar-refractivity contribution < 1.29 is 28.6 Å².